The molecule has 0 amide bonds. The van der Waals surface area contributed by atoms with Gasteiger partial charge in [0.15, 0.2) is 17.5 Å². The summed E-state index contributed by atoms with van der Waals surface area (Å²) in [5.41, 5.74) is 1.31. The number of benzene rings is 2. The number of hydrogen-bond acceptors (Lipinski definition) is 1. The highest BCUT2D eigenvalue weighted by atomic mass is 19.2. The molecule has 2 aromatic carbocycles. The fraction of sp³-hybridized carbons (Fsp3) is 0.429. The van der Waals surface area contributed by atoms with E-state index in [2.05, 4.69) is 6.92 Å². The first-order valence-electron chi connectivity index (χ1n) is 8.93. The monoisotopic (exact) mass is 348 g/mol. The molecule has 0 atom stereocenters. The van der Waals surface area contributed by atoms with Crippen LogP contribution in [0, 0.1) is 23.4 Å². The highest BCUT2D eigenvalue weighted by Crippen LogP contribution is 2.37. The topological polar surface area (TPSA) is 9.23 Å². The van der Waals surface area contributed by atoms with E-state index >= 15 is 0 Å². The SMILES string of the molecule is CCC1CCC(c2ccc(OCc3ccc(F)c(F)c3F)cc2)CC1. The van der Waals surface area contributed by atoms with Gasteiger partial charge in [-0.1, -0.05) is 25.5 Å². The molecule has 4 heteroatoms. The molecule has 3 rings (SSSR count). The molecular weight excluding hydrogens is 325 g/mol. The minimum absolute atomic E-state index is 0.000800. The zero-order valence-corrected chi connectivity index (χ0v) is 14.4. The molecule has 1 saturated carbocycles. The fourth-order valence-corrected chi connectivity index (χ4v) is 3.58. The van der Waals surface area contributed by atoms with E-state index in [4.69, 9.17) is 4.74 Å². The molecular formula is C21H23F3O. The fourth-order valence-electron chi connectivity index (χ4n) is 3.58. The number of halogens is 3. The molecule has 1 fully saturated rings. The van der Waals surface area contributed by atoms with E-state index in [1.165, 1.54) is 43.7 Å². The highest BCUT2D eigenvalue weighted by molar-refractivity contribution is 5.30. The third-order valence-electron chi connectivity index (χ3n) is 5.29. The van der Waals surface area contributed by atoms with Crippen LogP contribution in [0.1, 0.15) is 56.1 Å². The van der Waals surface area contributed by atoms with Crippen molar-refractivity contribution in [3.8, 4) is 5.75 Å². The number of hydrogen-bond donors (Lipinski definition) is 0. The van der Waals surface area contributed by atoms with E-state index in [1.54, 1.807) is 0 Å². The van der Waals surface area contributed by atoms with Crippen molar-refractivity contribution in [2.75, 3.05) is 0 Å². The normalized spacial score (nSPS) is 20.5. The Morgan fingerprint density at radius 1 is 0.880 bits per heavy atom. The zero-order valence-electron chi connectivity index (χ0n) is 14.4. The average molecular weight is 348 g/mol. The lowest BCUT2D eigenvalue weighted by molar-refractivity contribution is 0.295. The van der Waals surface area contributed by atoms with Crippen LogP contribution in [0.5, 0.6) is 5.75 Å². The molecule has 2 aromatic rings. The van der Waals surface area contributed by atoms with Gasteiger partial charge in [-0.3, -0.25) is 0 Å². The molecule has 0 spiro atoms. The van der Waals surface area contributed by atoms with Gasteiger partial charge in [0.1, 0.15) is 12.4 Å². The summed E-state index contributed by atoms with van der Waals surface area (Å²) in [6.45, 7) is 2.12. The molecule has 0 N–H and O–H groups in total. The van der Waals surface area contributed by atoms with Crippen LogP contribution >= 0.6 is 0 Å². The van der Waals surface area contributed by atoms with Crippen LogP contribution in [0.2, 0.25) is 0 Å². The summed E-state index contributed by atoms with van der Waals surface area (Å²) in [5.74, 6) is -1.78. The van der Waals surface area contributed by atoms with Crippen molar-refractivity contribution < 1.29 is 17.9 Å². The highest BCUT2D eigenvalue weighted by Gasteiger charge is 2.21. The average Bonchev–Trinajstić information content (AvgIpc) is 2.66. The summed E-state index contributed by atoms with van der Waals surface area (Å²) in [5, 5.41) is 0. The smallest absolute Gasteiger partial charge is 0.194 e. The van der Waals surface area contributed by atoms with Crippen molar-refractivity contribution in [3.63, 3.8) is 0 Å². The number of ether oxygens (including phenoxy) is 1. The maximum atomic E-state index is 13.6. The second-order valence-corrected chi connectivity index (χ2v) is 6.82. The maximum absolute atomic E-state index is 13.6. The Labute approximate surface area is 146 Å². The lowest BCUT2D eigenvalue weighted by Crippen LogP contribution is -2.12. The van der Waals surface area contributed by atoms with Crippen LogP contribution in [-0.2, 0) is 6.61 Å². The maximum Gasteiger partial charge on any atom is 0.194 e. The molecule has 134 valence electrons. The Bertz CT molecular complexity index is 704. The largest absolute Gasteiger partial charge is 0.489 e. The Morgan fingerprint density at radius 3 is 2.20 bits per heavy atom. The van der Waals surface area contributed by atoms with Crippen molar-refractivity contribution in [3.05, 3.63) is 65.0 Å². The van der Waals surface area contributed by atoms with Gasteiger partial charge < -0.3 is 4.74 Å². The van der Waals surface area contributed by atoms with Gasteiger partial charge in [-0.05, 0) is 67.3 Å². The number of rotatable bonds is 5. The van der Waals surface area contributed by atoms with Gasteiger partial charge >= 0.3 is 0 Å². The second kappa shape index (κ2) is 7.94. The van der Waals surface area contributed by atoms with E-state index in [-0.39, 0.29) is 12.2 Å². The standard InChI is InChI=1S/C21H23F3O/c1-2-14-3-5-15(6-4-14)16-7-10-18(11-8-16)25-13-17-9-12-19(22)21(24)20(17)23/h7-12,14-15H,2-6,13H2,1H3. The Balaban J connectivity index is 1.59. The molecule has 0 saturated heterocycles. The summed E-state index contributed by atoms with van der Waals surface area (Å²) >= 11 is 0. The summed E-state index contributed by atoms with van der Waals surface area (Å²) in [7, 11) is 0. The lowest BCUT2D eigenvalue weighted by atomic mass is 9.78. The first-order chi connectivity index (χ1) is 12.1. The molecule has 1 nitrogen and oxygen atoms in total. The Hall–Kier alpha value is -1.97. The third-order valence-corrected chi connectivity index (χ3v) is 5.29. The molecule has 0 bridgehead atoms. The molecule has 0 radical (unpaired) electrons. The van der Waals surface area contributed by atoms with Crippen LogP contribution in [0.15, 0.2) is 36.4 Å². The van der Waals surface area contributed by atoms with Gasteiger partial charge in [0.2, 0.25) is 0 Å². The molecule has 25 heavy (non-hydrogen) atoms. The van der Waals surface area contributed by atoms with Crippen molar-refractivity contribution in [2.24, 2.45) is 5.92 Å². The van der Waals surface area contributed by atoms with E-state index in [0.717, 1.165) is 12.0 Å². The summed E-state index contributed by atoms with van der Waals surface area (Å²) < 4.78 is 45.3. The molecule has 0 heterocycles. The quantitative estimate of drug-likeness (QED) is 0.571. The second-order valence-electron chi connectivity index (χ2n) is 6.82. The Kier molecular flexibility index (Phi) is 5.67. The molecule has 1 aliphatic rings. The first-order valence-corrected chi connectivity index (χ1v) is 8.93. The zero-order chi connectivity index (χ0) is 17.8. The van der Waals surface area contributed by atoms with E-state index in [0.29, 0.717) is 11.7 Å². The molecule has 0 aliphatic heterocycles. The van der Waals surface area contributed by atoms with Crippen molar-refractivity contribution in [1.82, 2.24) is 0 Å². The van der Waals surface area contributed by atoms with Gasteiger partial charge in [-0.2, -0.15) is 0 Å². The molecule has 0 unspecified atom stereocenters. The van der Waals surface area contributed by atoms with Crippen molar-refractivity contribution in [2.45, 2.75) is 51.6 Å². The predicted octanol–water partition coefficient (Wildman–Crippen LogP) is 6.37. The van der Waals surface area contributed by atoms with Gasteiger partial charge in [0.25, 0.3) is 0 Å². The summed E-state index contributed by atoms with van der Waals surface area (Å²) in [6, 6.07) is 9.93. The minimum Gasteiger partial charge on any atom is -0.489 e. The van der Waals surface area contributed by atoms with Crippen LogP contribution in [0.4, 0.5) is 13.2 Å². The van der Waals surface area contributed by atoms with Crippen molar-refractivity contribution in [1.29, 1.82) is 0 Å². The third kappa shape index (κ3) is 4.17. The van der Waals surface area contributed by atoms with Gasteiger partial charge in [0.05, 0.1) is 0 Å². The first kappa shape index (κ1) is 17.8. The summed E-state index contributed by atoms with van der Waals surface area (Å²) in [6.07, 6.45) is 6.28. The van der Waals surface area contributed by atoms with Crippen molar-refractivity contribution >= 4 is 0 Å². The lowest BCUT2D eigenvalue weighted by Gasteiger charge is -2.28. The van der Waals surface area contributed by atoms with Crippen LogP contribution in [-0.4, -0.2) is 0 Å². The van der Waals surface area contributed by atoms with Gasteiger partial charge in [-0.15, -0.1) is 0 Å². The molecule has 0 aromatic heterocycles. The van der Waals surface area contributed by atoms with Gasteiger partial charge in [-0.25, -0.2) is 13.2 Å². The molecule has 1 aliphatic carbocycles. The van der Waals surface area contributed by atoms with Crippen LogP contribution in [0.25, 0.3) is 0 Å². The van der Waals surface area contributed by atoms with Crippen LogP contribution in [0.3, 0.4) is 0 Å². The van der Waals surface area contributed by atoms with Crippen LogP contribution < -0.4 is 4.74 Å². The Morgan fingerprint density at radius 2 is 1.56 bits per heavy atom. The van der Waals surface area contributed by atoms with E-state index < -0.39 is 17.5 Å². The minimum atomic E-state index is -1.46. The van der Waals surface area contributed by atoms with E-state index in [1.807, 2.05) is 24.3 Å². The van der Waals surface area contributed by atoms with Gasteiger partial charge in [0, 0.05) is 5.56 Å². The van der Waals surface area contributed by atoms with E-state index in [9.17, 15) is 13.2 Å². The predicted molar refractivity (Wildman–Crippen MR) is 92.1 cm³/mol. The summed E-state index contributed by atoms with van der Waals surface area (Å²) in [4.78, 5) is 0.